The number of carbonyl (C=O) groups excluding carboxylic acids is 1. The molecule has 1 aliphatic heterocycles. The standard InChI is InChI=1S/C14H17F3N4O/c15-14(16,17)10-7-18-13(19-8-10)21-5-3-11(4-6-21)20-12(22)9-1-2-9/h7-9,11H,1-6H2,(H,20,22). The van der Waals surface area contributed by atoms with Crippen LogP contribution >= 0.6 is 0 Å². The molecule has 8 heteroatoms. The van der Waals surface area contributed by atoms with Gasteiger partial charge in [-0.2, -0.15) is 13.2 Å². The molecule has 2 fully saturated rings. The summed E-state index contributed by atoms with van der Waals surface area (Å²) < 4.78 is 37.4. The summed E-state index contributed by atoms with van der Waals surface area (Å²) in [6.07, 6.45) is 0.658. The monoisotopic (exact) mass is 314 g/mol. The molecule has 0 unspecified atom stereocenters. The van der Waals surface area contributed by atoms with E-state index in [4.69, 9.17) is 0 Å². The maximum absolute atomic E-state index is 12.5. The lowest BCUT2D eigenvalue weighted by molar-refractivity contribution is -0.138. The van der Waals surface area contributed by atoms with Crippen molar-refractivity contribution in [3.8, 4) is 0 Å². The summed E-state index contributed by atoms with van der Waals surface area (Å²) in [5.41, 5.74) is -0.845. The summed E-state index contributed by atoms with van der Waals surface area (Å²) in [6, 6.07) is 0.138. The number of nitrogens with one attached hydrogen (secondary N) is 1. The van der Waals surface area contributed by atoms with E-state index in [1.807, 2.05) is 4.90 Å². The molecule has 1 aromatic heterocycles. The van der Waals surface area contributed by atoms with Crippen LogP contribution in [0, 0.1) is 5.92 Å². The van der Waals surface area contributed by atoms with Crippen LogP contribution in [0.2, 0.25) is 0 Å². The number of nitrogens with zero attached hydrogens (tertiary/aromatic N) is 3. The average Bonchev–Trinajstić information content (AvgIpc) is 3.32. The predicted molar refractivity (Wildman–Crippen MR) is 73.1 cm³/mol. The summed E-state index contributed by atoms with van der Waals surface area (Å²) in [5, 5.41) is 3.03. The van der Waals surface area contributed by atoms with Crippen molar-refractivity contribution in [2.45, 2.75) is 37.9 Å². The zero-order valence-corrected chi connectivity index (χ0v) is 11.9. The van der Waals surface area contributed by atoms with Gasteiger partial charge in [0.1, 0.15) is 0 Å². The van der Waals surface area contributed by atoms with Gasteiger partial charge in [-0.05, 0) is 25.7 Å². The van der Waals surface area contributed by atoms with Crippen molar-refractivity contribution in [3.63, 3.8) is 0 Å². The number of hydrogen-bond donors (Lipinski definition) is 1. The maximum atomic E-state index is 12.5. The first kappa shape index (κ1) is 15.1. The van der Waals surface area contributed by atoms with Crippen LogP contribution in [0.3, 0.4) is 0 Å². The third kappa shape index (κ3) is 3.48. The lowest BCUT2D eigenvalue weighted by atomic mass is 10.1. The Labute approximate surface area is 125 Å². The number of aromatic nitrogens is 2. The number of piperidine rings is 1. The van der Waals surface area contributed by atoms with Crippen molar-refractivity contribution in [3.05, 3.63) is 18.0 Å². The first-order valence-electron chi connectivity index (χ1n) is 7.38. The average molecular weight is 314 g/mol. The Bertz CT molecular complexity index is 534. The maximum Gasteiger partial charge on any atom is 0.419 e. The fraction of sp³-hybridized carbons (Fsp3) is 0.643. The van der Waals surface area contributed by atoms with E-state index in [-0.39, 0.29) is 17.9 Å². The smallest absolute Gasteiger partial charge is 0.353 e. The highest BCUT2D eigenvalue weighted by atomic mass is 19.4. The summed E-state index contributed by atoms with van der Waals surface area (Å²) in [5.74, 6) is 0.625. The van der Waals surface area contributed by atoms with Crippen molar-refractivity contribution in [1.29, 1.82) is 0 Å². The lowest BCUT2D eigenvalue weighted by Crippen LogP contribution is -2.45. The van der Waals surface area contributed by atoms with E-state index >= 15 is 0 Å². The predicted octanol–water partition coefficient (Wildman–Crippen LogP) is 1.99. The molecule has 0 atom stereocenters. The normalized spacial score (nSPS) is 20.0. The molecule has 1 saturated carbocycles. The van der Waals surface area contributed by atoms with Crippen LogP contribution in [0.4, 0.5) is 19.1 Å². The molecular formula is C14H17F3N4O. The minimum absolute atomic E-state index is 0.129. The van der Waals surface area contributed by atoms with E-state index in [0.717, 1.165) is 38.1 Å². The Kier molecular flexibility index (Phi) is 3.92. The van der Waals surface area contributed by atoms with Gasteiger partial charge in [-0.15, -0.1) is 0 Å². The van der Waals surface area contributed by atoms with Crippen LogP contribution < -0.4 is 10.2 Å². The van der Waals surface area contributed by atoms with E-state index < -0.39 is 11.7 Å². The molecule has 1 N–H and O–H groups in total. The van der Waals surface area contributed by atoms with Gasteiger partial charge in [0, 0.05) is 37.4 Å². The molecule has 120 valence electrons. The van der Waals surface area contributed by atoms with E-state index in [2.05, 4.69) is 15.3 Å². The number of carbonyl (C=O) groups is 1. The topological polar surface area (TPSA) is 58.1 Å². The fourth-order valence-corrected chi connectivity index (χ4v) is 2.52. The molecule has 0 bridgehead atoms. The highest BCUT2D eigenvalue weighted by Gasteiger charge is 2.33. The second kappa shape index (κ2) is 5.73. The molecule has 3 rings (SSSR count). The van der Waals surface area contributed by atoms with Crippen LogP contribution in [-0.4, -0.2) is 35.0 Å². The second-order valence-corrected chi connectivity index (χ2v) is 5.81. The quantitative estimate of drug-likeness (QED) is 0.927. The van der Waals surface area contributed by atoms with Crippen LogP contribution in [0.15, 0.2) is 12.4 Å². The lowest BCUT2D eigenvalue weighted by Gasteiger charge is -2.32. The van der Waals surface area contributed by atoms with Gasteiger partial charge in [0.2, 0.25) is 11.9 Å². The molecule has 1 aliphatic carbocycles. The summed E-state index contributed by atoms with van der Waals surface area (Å²) in [7, 11) is 0. The van der Waals surface area contributed by atoms with E-state index in [0.29, 0.717) is 19.0 Å². The number of anilines is 1. The number of hydrogen-bond acceptors (Lipinski definition) is 4. The molecule has 1 saturated heterocycles. The summed E-state index contributed by atoms with van der Waals surface area (Å²) in [6.45, 7) is 1.25. The zero-order valence-electron chi connectivity index (χ0n) is 11.9. The van der Waals surface area contributed by atoms with E-state index in [1.165, 1.54) is 0 Å². The molecule has 2 heterocycles. The molecule has 0 radical (unpaired) electrons. The van der Waals surface area contributed by atoms with E-state index in [1.54, 1.807) is 0 Å². The van der Waals surface area contributed by atoms with Gasteiger partial charge in [0.15, 0.2) is 0 Å². The Morgan fingerprint density at radius 2 is 1.73 bits per heavy atom. The Hall–Kier alpha value is -1.86. The van der Waals surface area contributed by atoms with Crippen LogP contribution in [0.1, 0.15) is 31.2 Å². The van der Waals surface area contributed by atoms with Crippen LogP contribution in [0.5, 0.6) is 0 Å². The molecule has 1 aromatic rings. The molecule has 5 nitrogen and oxygen atoms in total. The summed E-state index contributed by atoms with van der Waals surface area (Å²) in [4.78, 5) is 21.1. The molecule has 22 heavy (non-hydrogen) atoms. The first-order valence-corrected chi connectivity index (χ1v) is 7.38. The van der Waals surface area contributed by atoms with Gasteiger partial charge in [0.25, 0.3) is 0 Å². The van der Waals surface area contributed by atoms with Gasteiger partial charge in [-0.1, -0.05) is 0 Å². The number of rotatable bonds is 3. The Balaban J connectivity index is 1.53. The van der Waals surface area contributed by atoms with Crippen molar-refractivity contribution < 1.29 is 18.0 Å². The van der Waals surface area contributed by atoms with Gasteiger partial charge < -0.3 is 10.2 Å². The largest absolute Gasteiger partial charge is 0.419 e. The van der Waals surface area contributed by atoms with E-state index in [9.17, 15) is 18.0 Å². The molecular weight excluding hydrogens is 297 g/mol. The van der Waals surface area contributed by atoms with Gasteiger partial charge in [-0.3, -0.25) is 4.79 Å². The number of alkyl halides is 3. The van der Waals surface area contributed by atoms with Crippen LogP contribution in [0.25, 0.3) is 0 Å². The van der Waals surface area contributed by atoms with Gasteiger partial charge >= 0.3 is 6.18 Å². The van der Waals surface area contributed by atoms with Gasteiger partial charge in [0.05, 0.1) is 5.56 Å². The summed E-state index contributed by atoms with van der Waals surface area (Å²) >= 11 is 0. The third-order valence-corrected chi connectivity index (χ3v) is 4.04. The molecule has 1 amide bonds. The fourth-order valence-electron chi connectivity index (χ4n) is 2.52. The third-order valence-electron chi connectivity index (χ3n) is 4.04. The van der Waals surface area contributed by atoms with Crippen molar-refractivity contribution in [1.82, 2.24) is 15.3 Å². The van der Waals surface area contributed by atoms with Crippen molar-refractivity contribution in [2.24, 2.45) is 5.92 Å². The van der Waals surface area contributed by atoms with Crippen molar-refractivity contribution >= 4 is 11.9 Å². The molecule has 0 aromatic carbocycles. The zero-order chi connectivity index (χ0) is 15.7. The Morgan fingerprint density at radius 3 is 2.23 bits per heavy atom. The second-order valence-electron chi connectivity index (χ2n) is 5.81. The highest BCUT2D eigenvalue weighted by Crippen LogP contribution is 2.30. The SMILES string of the molecule is O=C(NC1CCN(c2ncc(C(F)(F)F)cn2)CC1)C1CC1. The first-order chi connectivity index (χ1) is 10.4. The van der Waals surface area contributed by atoms with Crippen molar-refractivity contribution in [2.75, 3.05) is 18.0 Å². The molecule has 0 spiro atoms. The van der Waals surface area contributed by atoms with Gasteiger partial charge in [-0.25, -0.2) is 9.97 Å². The minimum Gasteiger partial charge on any atom is -0.353 e. The minimum atomic E-state index is -4.42. The number of amides is 1. The highest BCUT2D eigenvalue weighted by molar-refractivity contribution is 5.81. The Morgan fingerprint density at radius 1 is 1.14 bits per heavy atom. The van der Waals surface area contributed by atoms with Crippen LogP contribution in [-0.2, 0) is 11.0 Å². The molecule has 2 aliphatic rings. The number of halogens is 3.